The van der Waals surface area contributed by atoms with Crippen molar-refractivity contribution in [2.75, 3.05) is 11.9 Å². The Hall–Kier alpha value is -2.84. The summed E-state index contributed by atoms with van der Waals surface area (Å²) in [6, 6.07) is -0.251. The molecule has 21 heavy (non-hydrogen) atoms. The second-order valence-corrected chi connectivity index (χ2v) is 4.71. The van der Waals surface area contributed by atoms with Crippen molar-refractivity contribution >= 4 is 17.7 Å². The zero-order valence-electron chi connectivity index (χ0n) is 11.1. The number of carbonyl (C=O) groups excluding carboxylic acids is 1. The molecule has 1 aliphatic heterocycles. The number of hydrogen-bond donors (Lipinski definition) is 2. The van der Waals surface area contributed by atoms with Crippen molar-refractivity contribution in [1.29, 1.82) is 0 Å². The smallest absolute Gasteiger partial charge is 0.325 e. The van der Waals surface area contributed by atoms with Crippen molar-refractivity contribution in [3.05, 3.63) is 30.6 Å². The Morgan fingerprint density at radius 2 is 2.24 bits per heavy atom. The van der Waals surface area contributed by atoms with Crippen molar-refractivity contribution in [3.8, 4) is 0 Å². The maximum absolute atomic E-state index is 12.2. The van der Waals surface area contributed by atoms with Crippen LogP contribution in [0.5, 0.6) is 0 Å². The van der Waals surface area contributed by atoms with Gasteiger partial charge in [-0.3, -0.25) is 9.48 Å². The van der Waals surface area contributed by atoms with Gasteiger partial charge in [-0.2, -0.15) is 5.10 Å². The van der Waals surface area contributed by atoms with E-state index < -0.39 is 5.97 Å². The topological polar surface area (TPSA) is 105 Å². The fourth-order valence-electron chi connectivity index (χ4n) is 2.20. The van der Waals surface area contributed by atoms with Gasteiger partial charge >= 0.3 is 12.0 Å². The highest BCUT2D eigenvalue weighted by Gasteiger charge is 2.21. The lowest BCUT2D eigenvalue weighted by Crippen LogP contribution is -2.40. The average Bonchev–Trinajstić information content (AvgIpc) is 3.06. The van der Waals surface area contributed by atoms with Crippen LogP contribution in [0, 0.1) is 0 Å². The monoisotopic (exact) mass is 290 g/mol. The minimum atomic E-state index is -0.987. The SMILES string of the molecule is O=C(O)Cn1cc(NC(=O)N2CCn3ccnc3C2)cn1. The normalized spacial score (nSPS) is 13.8. The number of imidazole rings is 1. The maximum Gasteiger partial charge on any atom is 0.325 e. The van der Waals surface area contributed by atoms with Gasteiger partial charge in [0.05, 0.1) is 18.4 Å². The summed E-state index contributed by atoms with van der Waals surface area (Å²) in [7, 11) is 0. The van der Waals surface area contributed by atoms with E-state index in [0.717, 1.165) is 5.82 Å². The van der Waals surface area contributed by atoms with Crippen LogP contribution in [0.15, 0.2) is 24.8 Å². The third kappa shape index (κ3) is 2.86. The van der Waals surface area contributed by atoms with Crippen LogP contribution in [-0.2, 0) is 24.4 Å². The highest BCUT2D eigenvalue weighted by molar-refractivity contribution is 5.89. The Morgan fingerprint density at radius 1 is 1.38 bits per heavy atom. The Kier molecular flexibility index (Phi) is 3.30. The summed E-state index contributed by atoms with van der Waals surface area (Å²) in [6.45, 7) is 1.51. The number of carboxylic acids is 1. The molecular weight excluding hydrogens is 276 g/mol. The number of carboxylic acid groups (broad SMARTS) is 1. The highest BCUT2D eigenvalue weighted by atomic mass is 16.4. The predicted octanol–water partition coefficient (Wildman–Crippen LogP) is 0.212. The van der Waals surface area contributed by atoms with Crippen molar-refractivity contribution in [2.24, 2.45) is 0 Å². The van der Waals surface area contributed by atoms with E-state index in [2.05, 4.69) is 15.4 Å². The molecule has 0 saturated heterocycles. The molecule has 2 aromatic heterocycles. The van der Waals surface area contributed by atoms with Gasteiger partial charge in [0.1, 0.15) is 12.4 Å². The van der Waals surface area contributed by atoms with E-state index in [0.29, 0.717) is 25.3 Å². The standard InChI is InChI=1S/C12H14N6O3/c19-11(20)8-18-6-9(5-14-18)15-12(21)17-4-3-16-2-1-13-10(16)7-17/h1-2,5-6H,3-4,7-8H2,(H,15,21)(H,19,20). The van der Waals surface area contributed by atoms with Gasteiger partial charge in [-0.15, -0.1) is 0 Å². The van der Waals surface area contributed by atoms with Gasteiger partial charge in [-0.25, -0.2) is 9.78 Å². The zero-order valence-corrected chi connectivity index (χ0v) is 11.1. The Morgan fingerprint density at radius 3 is 3.05 bits per heavy atom. The number of anilines is 1. The first-order valence-electron chi connectivity index (χ1n) is 6.42. The summed E-state index contributed by atoms with van der Waals surface area (Å²) in [6.07, 6.45) is 6.51. The van der Waals surface area contributed by atoms with Crippen LogP contribution in [-0.4, -0.2) is 47.9 Å². The van der Waals surface area contributed by atoms with Crippen LogP contribution >= 0.6 is 0 Å². The Labute approximate surface area is 119 Å². The lowest BCUT2D eigenvalue weighted by Gasteiger charge is -2.27. The minimum absolute atomic E-state index is 0.239. The number of aromatic nitrogens is 4. The van der Waals surface area contributed by atoms with Crippen molar-refractivity contribution in [3.63, 3.8) is 0 Å². The molecule has 9 nitrogen and oxygen atoms in total. The van der Waals surface area contributed by atoms with Gasteiger partial charge in [0.25, 0.3) is 0 Å². The summed E-state index contributed by atoms with van der Waals surface area (Å²) in [4.78, 5) is 28.6. The van der Waals surface area contributed by atoms with Crippen LogP contribution in [0.4, 0.5) is 10.5 Å². The number of nitrogens with one attached hydrogen (secondary N) is 1. The summed E-state index contributed by atoms with van der Waals surface area (Å²) in [5.74, 6) is -0.142. The van der Waals surface area contributed by atoms with Gasteiger partial charge in [0, 0.05) is 31.7 Å². The van der Waals surface area contributed by atoms with E-state index in [1.807, 2.05) is 10.8 Å². The lowest BCUT2D eigenvalue weighted by atomic mass is 10.4. The molecule has 3 rings (SSSR count). The molecule has 1 aliphatic rings. The molecule has 0 bridgehead atoms. The zero-order chi connectivity index (χ0) is 14.8. The van der Waals surface area contributed by atoms with Gasteiger partial charge < -0.3 is 19.9 Å². The summed E-state index contributed by atoms with van der Waals surface area (Å²) in [5, 5.41) is 15.2. The van der Waals surface area contributed by atoms with E-state index in [1.165, 1.54) is 17.1 Å². The van der Waals surface area contributed by atoms with Gasteiger partial charge in [-0.1, -0.05) is 0 Å². The number of amides is 2. The summed E-state index contributed by atoms with van der Waals surface area (Å²) < 4.78 is 3.26. The molecule has 0 aliphatic carbocycles. The molecule has 2 amide bonds. The quantitative estimate of drug-likeness (QED) is 0.840. The number of hydrogen-bond acceptors (Lipinski definition) is 4. The molecule has 2 aromatic rings. The highest BCUT2D eigenvalue weighted by Crippen LogP contribution is 2.12. The molecule has 0 atom stereocenters. The van der Waals surface area contributed by atoms with E-state index in [9.17, 15) is 9.59 Å². The molecule has 0 saturated carbocycles. The van der Waals surface area contributed by atoms with Crippen LogP contribution in [0.3, 0.4) is 0 Å². The van der Waals surface area contributed by atoms with Crippen LogP contribution in [0.1, 0.15) is 5.82 Å². The maximum atomic E-state index is 12.2. The summed E-state index contributed by atoms with van der Waals surface area (Å²) in [5.41, 5.74) is 0.468. The number of nitrogens with zero attached hydrogens (tertiary/aromatic N) is 5. The van der Waals surface area contributed by atoms with Crippen LogP contribution in [0.2, 0.25) is 0 Å². The number of urea groups is 1. The van der Waals surface area contributed by atoms with E-state index in [1.54, 1.807) is 11.1 Å². The molecule has 0 radical (unpaired) electrons. The first-order valence-corrected chi connectivity index (χ1v) is 6.42. The van der Waals surface area contributed by atoms with Gasteiger partial charge in [0.15, 0.2) is 0 Å². The van der Waals surface area contributed by atoms with E-state index in [4.69, 9.17) is 5.11 Å². The molecule has 2 N–H and O–H groups in total. The number of aliphatic carboxylic acids is 1. The molecule has 0 aromatic carbocycles. The van der Waals surface area contributed by atoms with Crippen molar-refractivity contribution in [1.82, 2.24) is 24.2 Å². The number of carbonyl (C=O) groups is 2. The Bertz CT molecular complexity index is 676. The molecule has 3 heterocycles. The van der Waals surface area contributed by atoms with Gasteiger partial charge in [-0.05, 0) is 0 Å². The fourth-order valence-corrected chi connectivity index (χ4v) is 2.20. The van der Waals surface area contributed by atoms with Crippen molar-refractivity contribution in [2.45, 2.75) is 19.6 Å². The third-order valence-electron chi connectivity index (χ3n) is 3.21. The molecular formula is C12H14N6O3. The second kappa shape index (κ2) is 5.27. The third-order valence-corrected chi connectivity index (χ3v) is 3.21. The average molecular weight is 290 g/mol. The Balaban J connectivity index is 1.62. The second-order valence-electron chi connectivity index (χ2n) is 4.71. The molecule has 110 valence electrons. The van der Waals surface area contributed by atoms with Crippen molar-refractivity contribution < 1.29 is 14.7 Å². The first kappa shape index (κ1) is 13.2. The first-order chi connectivity index (χ1) is 10.1. The largest absolute Gasteiger partial charge is 0.480 e. The number of rotatable bonds is 3. The molecule has 0 unspecified atom stereocenters. The van der Waals surface area contributed by atoms with Gasteiger partial charge in [0.2, 0.25) is 0 Å². The molecule has 0 spiro atoms. The van der Waals surface area contributed by atoms with Crippen LogP contribution < -0.4 is 5.32 Å². The predicted molar refractivity (Wildman–Crippen MR) is 71.5 cm³/mol. The fraction of sp³-hybridized carbons (Fsp3) is 0.333. The van der Waals surface area contributed by atoms with E-state index in [-0.39, 0.29) is 12.6 Å². The van der Waals surface area contributed by atoms with E-state index >= 15 is 0 Å². The molecule has 0 fully saturated rings. The lowest BCUT2D eigenvalue weighted by molar-refractivity contribution is -0.137. The minimum Gasteiger partial charge on any atom is -0.480 e. The molecule has 9 heteroatoms. The summed E-state index contributed by atoms with van der Waals surface area (Å²) >= 11 is 0. The number of fused-ring (bicyclic) bond motifs is 1. The van der Waals surface area contributed by atoms with Crippen LogP contribution in [0.25, 0.3) is 0 Å².